The highest BCUT2D eigenvalue weighted by Crippen LogP contribution is 2.17. The lowest BCUT2D eigenvalue weighted by Crippen LogP contribution is -2.12. The number of nitrogens with one attached hydrogen (secondary N) is 1. The Morgan fingerprint density at radius 2 is 1.90 bits per heavy atom. The van der Waals surface area contributed by atoms with Gasteiger partial charge in [-0.1, -0.05) is 32.4 Å². The van der Waals surface area contributed by atoms with Crippen molar-refractivity contribution >= 4 is 0 Å². The zero-order chi connectivity index (χ0) is 14.2. The minimum atomic E-state index is 0.473. The number of furan rings is 1. The van der Waals surface area contributed by atoms with Crippen LogP contribution in [0.2, 0.25) is 0 Å². The van der Waals surface area contributed by atoms with E-state index in [4.69, 9.17) is 9.15 Å². The summed E-state index contributed by atoms with van der Waals surface area (Å²) in [6.45, 7) is 6.52. The van der Waals surface area contributed by atoms with Gasteiger partial charge in [0.25, 0.3) is 0 Å². The first-order valence-electron chi connectivity index (χ1n) is 7.31. The van der Waals surface area contributed by atoms with Gasteiger partial charge in [-0.05, 0) is 36.7 Å². The van der Waals surface area contributed by atoms with Crippen molar-refractivity contribution in [3.05, 3.63) is 53.5 Å². The average Bonchev–Trinajstić information content (AvgIpc) is 2.92. The van der Waals surface area contributed by atoms with Crippen LogP contribution in [0.3, 0.4) is 0 Å². The Morgan fingerprint density at radius 3 is 2.60 bits per heavy atom. The Hall–Kier alpha value is -1.74. The number of ether oxygens (including phenoxy) is 1. The van der Waals surface area contributed by atoms with E-state index < -0.39 is 0 Å². The summed E-state index contributed by atoms with van der Waals surface area (Å²) >= 11 is 0. The van der Waals surface area contributed by atoms with Gasteiger partial charge in [0, 0.05) is 12.1 Å². The summed E-state index contributed by atoms with van der Waals surface area (Å²) in [6.07, 6.45) is 4.00. The van der Waals surface area contributed by atoms with Crippen LogP contribution in [0.5, 0.6) is 5.75 Å². The van der Waals surface area contributed by atoms with Crippen molar-refractivity contribution in [3.8, 4) is 5.75 Å². The van der Waals surface area contributed by atoms with Gasteiger partial charge >= 0.3 is 0 Å². The molecule has 0 saturated heterocycles. The van der Waals surface area contributed by atoms with Crippen molar-refractivity contribution in [2.45, 2.75) is 39.8 Å². The molecule has 20 heavy (non-hydrogen) atoms. The largest absolute Gasteiger partial charge is 0.486 e. The van der Waals surface area contributed by atoms with Gasteiger partial charge < -0.3 is 14.5 Å². The lowest BCUT2D eigenvalue weighted by atomic mass is 10.1. The van der Waals surface area contributed by atoms with Crippen molar-refractivity contribution in [2.75, 3.05) is 6.54 Å². The molecule has 2 aromatic rings. The zero-order valence-corrected chi connectivity index (χ0v) is 12.3. The minimum absolute atomic E-state index is 0.473. The van der Waals surface area contributed by atoms with Crippen LogP contribution in [0.1, 0.15) is 37.2 Å². The summed E-state index contributed by atoms with van der Waals surface area (Å²) in [7, 11) is 0. The Morgan fingerprint density at radius 1 is 1.10 bits per heavy atom. The first-order chi connectivity index (χ1) is 9.83. The van der Waals surface area contributed by atoms with Crippen molar-refractivity contribution in [1.29, 1.82) is 0 Å². The summed E-state index contributed by atoms with van der Waals surface area (Å²) < 4.78 is 11.3. The summed E-state index contributed by atoms with van der Waals surface area (Å²) in [5.41, 5.74) is 2.51. The van der Waals surface area contributed by atoms with Crippen molar-refractivity contribution in [3.63, 3.8) is 0 Å². The van der Waals surface area contributed by atoms with Crippen LogP contribution in [0.4, 0.5) is 0 Å². The maximum atomic E-state index is 5.78. The second-order valence-corrected chi connectivity index (χ2v) is 4.83. The number of aryl methyl sites for hydroxylation is 1. The molecule has 1 aromatic heterocycles. The molecule has 3 nitrogen and oxygen atoms in total. The topological polar surface area (TPSA) is 34.4 Å². The molecule has 0 saturated carbocycles. The first-order valence-corrected chi connectivity index (χ1v) is 7.31. The third kappa shape index (κ3) is 4.14. The van der Waals surface area contributed by atoms with Crippen molar-refractivity contribution in [1.82, 2.24) is 5.32 Å². The van der Waals surface area contributed by atoms with Gasteiger partial charge in [-0.2, -0.15) is 0 Å². The van der Waals surface area contributed by atoms with E-state index in [0.717, 1.165) is 36.6 Å². The van der Waals surface area contributed by atoms with Crippen LogP contribution in [-0.2, 0) is 19.6 Å². The van der Waals surface area contributed by atoms with E-state index in [1.165, 1.54) is 12.0 Å². The summed E-state index contributed by atoms with van der Waals surface area (Å²) in [4.78, 5) is 0. The summed E-state index contributed by atoms with van der Waals surface area (Å²) in [5.74, 6) is 1.78. The Kier molecular flexibility index (Phi) is 5.69. The molecular weight excluding hydrogens is 250 g/mol. The molecule has 3 heteroatoms. The number of hydrogen-bond donors (Lipinski definition) is 1. The molecule has 0 unspecified atom stereocenters. The van der Waals surface area contributed by atoms with E-state index in [0.29, 0.717) is 6.61 Å². The van der Waals surface area contributed by atoms with E-state index in [2.05, 4.69) is 31.3 Å². The predicted octanol–water partition coefficient (Wildman–Crippen LogP) is 3.92. The van der Waals surface area contributed by atoms with E-state index in [1.807, 2.05) is 18.2 Å². The molecular formula is C17H23NO2. The molecule has 1 aromatic carbocycles. The number of hydrogen-bond acceptors (Lipinski definition) is 3. The smallest absolute Gasteiger partial charge is 0.146 e. The van der Waals surface area contributed by atoms with Gasteiger partial charge in [-0.15, -0.1) is 0 Å². The quantitative estimate of drug-likeness (QED) is 0.791. The lowest BCUT2D eigenvalue weighted by molar-refractivity contribution is 0.268. The second-order valence-electron chi connectivity index (χ2n) is 4.83. The molecule has 0 aliphatic carbocycles. The van der Waals surface area contributed by atoms with Crippen LogP contribution >= 0.6 is 0 Å². The van der Waals surface area contributed by atoms with Crippen molar-refractivity contribution in [2.24, 2.45) is 0 Å². The molecule has 108 valence electrons. The highest BCUT2D eigenvalue weighted by molar-refractivity contribution is 5.27. The first kappa shape index (κ1) is 14.7. The van der Waals surface area contributed by atoms with E-state index in [9.17, 15) is 0 Å². The Labute approximate surface area is 121 Å². The van der Waals surface area contributed by atoms with Crippen molar-refractivity contribution < 1.29 is 9.15 Å². The van der Waals surface area contributed by atoms with Crippen LogP contribution in [-0.4, -0.2) is 6.54 Å². The fraction of sp³-hybridized carbons (Fsp3) is 0.412. The van der Waals surface area contributed by atoms with E-state index in [1.54, 1.807) is 6.26 Å². The van der Waals surface area contributed by atoms with Gasteiger partial charge in [0.2, 0.25) is 0 Å². The highest BCUT2D eigenvalue weighted by Gasteiger charge is 2.06. The molecule has 0 bridgehead atoms. The number of benzene rings is 1. The lowest BCUT2D eigenvalue weighted by Gasteiger charge is -2.07. The van der Waals surface area contributed by atoms with Gasteiger partial charge in [0.05, 0.1) is 6.26 Å². The second kappa shape index (κ2) is 7.75. The predicted molar refractivity (Wildman–Crippen MR) is 80.9 cm³/mol. The molecule has 2 rings (SSSR count). The van der Waals surface area contributed by atoms with Crippen LogP contribution in [0.15, 0.2) is 41.0 Å². The molecule has 0 amide bonds. The average molecular weight is 273 g/mol. The monoisotopic (exact) mass is 273 g/mol. The van der Waals surface area contributed by atoms with Gasteiger partial charge in [-0.25, -0.2) is 0 Å². The zero-order valence-electron chi connectivity index (χ0n) is 12.3. The standard InChI is InChI=1S/C17H23NO2/c1-3-5-14-6-8-16(9-7-14)20-13-17-15(10-11-19-17)12-18-4-2/h6-11,18H,3-5,12-13H2,1-2H3. The minimum Gasteiger partial charge on any atom is -0.486 e. The van der Waals surface area contributed by atoms with Crippen LogP contribution in [0, 0.1) is 0 Å². The Balaban J connectivity index is 1.89. The fourth-order valence-corrected chi connectivity index (χ4v) is 2.10. The maximum Gasteiger partial charge on any atom is 0.146 e. The van der Waals surface area contributed by atoms with E-state index >= 15 is 0 Å². The van der Waals surface area contributed by atoms with Gasteiger partial charge in [0.15, 0.2) is 0 Å². The SMILES string of the molecule is CCCc1ccc(OCc2occc2CNCC)cc1. The molecule has 0 atom stereocenters. The molecule has 1 heterocycles. The summed E-state index contributed by atoms with van der Waals surface area (Å²) in [5, 5.41) is 3.30. The molecule has 0 radical (unpaired) electrons. The van der Waals surface area contributed by atoms with Crippen LogP contribution in [0.25, 0.3) is 0 Å². The molecule has 0 aliphatic heterocycles. The maximum absolute atomic E-state index is 5.78. The molecule has 0 aliphatic rings. The third-order valence-corrected chi connectivity index (χ3v) is 3.24. The summed E-state index contributed by atoms with van der Waals surface area (Å²) in [6, 6.07) is 10.3. The molecule has 1 N–H and O–H groups in total. The Bertz CT molecular complexity index is 502. The molecule has 0 spiro atoms. The number of rotatable bonds is 8. The van der Waals surface area contributed by atoms with Crippen LogP contribution < -0.4 is 10.1 Å². The fourth-order valence-electron chi connectivity index (χ4n) is 2.10. The van der Waals surface area contributed by atoms with Gasteiger partial charge in [0.1, 0.15) is 18.1 Å². The van der Waals surface area contributed by atoms with E-state index in [-0.39, 0.29) is 0 Å². The highest BCUT2D eigenvalue weighted by atomic mass is 16.5. The third-order valence-electron chi connectivity index (χ3n) is 3.24. The normalized spacial score (nSPS) is 10.7. The van der Waals surface area contributed by atoms with Gasteiger partial charge in [-0.3, -0.25) is 0 Å². The molecule has 0 fully saturated rings.